The number of para-hydroxylation sites is 1. The first-order chi connectivity index (χ1) is 12.3. The summed E-state index contributed by atoms with van der Waals surface area (Å²) in [5.41, 5.74) is -0.395. The van der Waals surface area contributed by atoms with Crippen molar-refractivity contribution < 1.29 is 14.2 Å². The van der Waals surface area contributed by atoms with Crippen molar-refractivity contribution >= 4 is 0 Å². The molecular formula is C23H25FO2. The number of benzene rings is 2. The summed E-state index contributed by atoms with van der Waals surface area (Å²) in [6.45, 7) is 9.99. The fraction of sp³-hybridized carbons (Fsp3) is 0.304. The summed E-state index contributed by atoms with van der Waals surface area (Å²) in [6.07, 6.45) is 5.25. The minimum absolute atomic E-state index is 0.179. The zero-order valence-electron chi connectivity index (χ0n) is 15.6. The van der Waals surface area contributed by atoms with Crippen LogP contribution in [-0.2, 0) is 5.60 Å². The Hall–Kier alpha value is -2.39. The first kappa shape index (κ1) is 18.4. The Balaban J connectivity index is 2.23. The molecule has 0 fully saturated rings. The largest absolute Gasteiger partial charge is 0.456 e. The predicted octanol–water partition coefficient (Wildman–Crippen LogP) is 6.11. The van der Waals surface area contributed by atoms with Crippen LogP contribution in [0.5, 0.6) is 11.5 Å². The van der Waals surface area contributed by atoms with Crippen LogP contribution in [-0.4, -0.2) is 5.11 Å². The average Bonchev–Trinajstić information content (AvgIpc) is 2.61. The van der Waals surface area contributed by atoms with E-state index in [9.17, 15) is 9.50 Å². The third-order valence-corrected chi connectivity index (χ3v) is 5.33. The molecule has 2 atom stereocenters. The fourth-order valence-corrected chi connectivity index (χ4v) is 3.73. The van der Waals surface area contributed by atoms with Gasteiger partial charge in [0.15, 0.2) is 0 Å². The predicted molar refractivity (Wildman–Crippen MR) is 103 cm³/mol. The van der Waals surface area contributed by atoms with Crippen LogP contribution in [0.3, 0.4) is 0 Å². The molecule has 0 amide bonds. The molecule has 1 N–H and O–H groups in total. The third kappa shape index (κ3) is 2.77. The fourth-order valence-electron chi connectivity index (χ4n) is 3.73. The Bertz CT molecular complexity index is 866. The molecular weight excluding hydrogens is 327 g/mol. The Morgan fingerprint density at radius 1 is 1.19 bits per heavy atom. The number of aliphatic hydroxyl groups is 1. The summed E-state index contributed by atoms with van der Waals surface area (Å²) in [4.78, 5) is 0. The van der Waals surface area contributed by atoms with Crippen molar-refractivity contribution in [2.45, 2.75) is 39.2 Å². The lowest BCUT2D eigenvalue weighted by molar-refractivity contribution is -0.0332. The van der Waals surface area contributed by atoms with Gasteiger partial charge in [-0.3, -0.25) is 0 Å². The van der Waals surface area contributed by atoms with Crippen molar-refractivity contribution in [2.24, 2.45) is 5.41 Å². The van der Waals surface area contributed by atoms with Crippen LogP contribution in [0, 0.1) is 11.2 Å². The second-order valence-electron chi connectivity index (χ2n) is 7.36. The lowest BCUT2D eigenvalue weighted by Gasteiger charge is -2.47. The topological polar surface area (TPSA) is 29.5 Å². The van der Waals surface area contributed by atoms with Gasteiger partial charge in [0, 0.05) is 11.0 Å². The van der Waals surface area contributed by atoms with Gasteiger partial charge in [-0.05, 0) is 44.9 Å². The molecule has 3 rings (SSSR count). The van der Waals surface area contributed by atoms with Gasteiger partial charge in [-0.15, -0.1) is 6.58 Å². The summed E-state index contributed by atoms with van der Waals surface area (Å²) in [7, 11) is 0. The van der Waals surface area contributed by atoms with Crippen molar-refractivity contribution in [2.75, 3.05) is 0 Å². The SMILES string of the molecule is C=C[C@@](C)(CCC=C(C)C)[C@@]1(O)c2ccccc2Oc2cccc(F)c21. The molecule has 136 valence electrons. The van der Waals surface area contributed by atoms with Crippen LogP contribution >= 0.6 is 0 Å². The van der Waals surface area contributed by atoms with Crippen molar-refractivity contribution in [1.29, 1.82) is 0 Å². The Morgan fingerprint density at radius 3 is 2.58 bits per heavy atom. The lowest BCUT2D eigenvalue weighted by Crippen LogP contribution is -2.46. The van der Waals surface area contributed by atoms with Gasteiger partial charge in [0.05, 0.1) is 5.56 Å². The van der Waals surface area contributed by atoms with Crippen LogP contribution in [0.15, 0.2) is 66.8 Å². The van der Waals surface area contributed by atoms with E-state index in [1.807, 2.05) is 32.9 Å². The van der Waals surface area contributed by atoms with E-state index in [0.29, 0.717) is 23.5 Å². The molecule has 2 nitrogen and oxygen atoms in total. The third-order valence-electron chi connectivity index (χ3n) is 5.33. The van der Waals surface area contributed by atoms with Gasteiger partial charge in [-0.25, -0.2) is 4.39 Å². The number of rotatable bonds is 5. The van der Waals surface area contributed by atoms with Crippen LogP contribution in [0.4, 0.5) is 4.39 Å². The van der Waals surface area contributed by atoms with Crippen LogP contribution in [0.2, 0.25) is 0 Å². The van der Waals surface area contributed by atoms with Gasteiger partial charge in [-0.1, -0.05) is 48.9 Å². The molecule has 0 spiro atoms. The quantitative estimate of drug-likeness (QED) is 0.658. The van der Waals surface area contributed by atoms with Gasteiger partial charge >= 0.3 is 0 Å². The van der Waals surface area contributed by atoms with Crippen LogP contribution < -0.4 is 4.74 Å². The number of hydrogen-bond acceptors (Lipinski definition) is 2. The molecule has 1 aliphatic rings. The molecule has 26 heavy (non-hydrogen) atoms. The highest BCUT2D eigenvalue weighted by atomic mass is 19.1. The summed E-state index contributed by atoms with van der Waals surface area (Å²) in [5.74, 6) is 0.416. The maximum absolute atomic E-state index is 14.9. The first-order valence-corrected chi connectivity index (χ1v) is 8.89. The number of halogens is 1. The monoisotopic (exact) mass is 352 g/mol. The van der Waals surface area contributed by atoms with Gasteiger partial charge in [0.1, 0.15) is 22.9 Å². The van der Waals surface area contributed by atoms with Crippen molar-refractivity contribution in [3.63, 3.8) is 0 Å². The maximum Gasteiger partial charge on any atom is 0.136 e. The standard InChI is InChI=1S/C23H25FO2/c1-5-22(4,15-9-10-16(2)3)23(25)17-11-6-7-13-19(17)26-20-14-8-12-18(24)21(20)23/h5-8,10-14,25H,1,9,15H2,2-4H3/t22-,23+/m0/s1. The van der Waals surface area contributed by atoms with E-state index in [1.165, 1.54) is 11.6 Å². The van der Waals surface area contributed by atoms with Crippen molar-refractivity contribution in [3.05, 3.63) is 83.7 Å². The molecule has 0 saturated carbocycles. The van der Waals surface area contributed by atoms with Crippen molar-refractivity contribution in [1.82, 2.24) is 0 Å². The minimum atomic E-state index is -1.57. The second-order valence-corrected chi connectivity index (χ2v) is 7.36. The number of allylic oxidation sites excluding steroid dienone is 2. The zero-order valence-corrected chi connectivity index (χ0v) is 15.6. The van der Waals surface area contributed by atoms with Crippen LogP contribution in [0.1, 0.15) is 44.7 Å². The molecule has 0 saturated heterocycles. The van der Waals surface area contributed by atoms with Gasteiger partial charge < -0.3 is 9.84 Å². The Morgan fingerprint density at radius 2 is 1.88 bits per heavy atom. The molecule has 2 aromatic rings. The van der Waals surface area contributed by atoms with E-state index in [1.54, 1.807) is 30.3 Å². The summed E-state index contributed by atoms with van der Waals surface area (Å²) in [6, 6.07) is 11.9. The highest BCUT2D eigenvalue weighted by Crippen LogP contribution is 2.57. The Kier molecular flexibility index (Phi) is 4.76. The van der Waals surface area contributed by atoms with E-state index >= 15 is 0 Å². The normalized spacial score (nSPS) is 20.2. The van der Waals surface area contributed by atoms with E-state index in [2.05, 4.69) is 12.7 Å². The number of hydrogen-bond donors (Lipinski definition) is 1. The van der Waals surface area contributed by atoms with Gasteiger partial charge in [0.25, 0.3) is 0 Å². The number of ether oxygens (including phenoxy) is 1. The molecule has 0 aromatic heterocycles. The molecule has 0 unspecified atom stereocenters. The van der Waals surface area contributed by atoms with Gasteiger partial charge in [-0.2, -0.15) is 0 Å². The van der Waals surface area contributed by atoms with E-state index in [4.69, 9.17) is 4.74 Å². The highest BCUT2D eigenvalue weighted by molar-refractivity contribution is 5.58. The number of fused-ring (bicyclic) bond motifs is 2. The van der Waals surface area contributed by atoms with Gasteiger partial charge in [0.2, 0.25) is 0 Å². The molecule has 0 bridgehead atoms. The minimum Gasteiger partial charge on any atom is -0.456 e. The Labute approximate surface area is 154 Å². The van der Waals surface area contributed by atoms with E-state index < -0.39 is 16.8 Å². The second kappa shape index (κ2) is 6.73. The zero-order chi connectivity index (χ0) is 18.9. The molecule has 1 aliphatic heterocycles. The first-order valence-electron chi connectivity index (χ1n) is 8.89. The van der Waals surface area contributed by atoms with E-state index in [-0.39, 0.29) is 5.56 Å². The maximum atomic E-state index is 14.9. The summed E-state index contributed by atoms with van der Waals surface area (Å²) < 4.78 is 20.8. The summed E-state index contributed by atoms with van der Waals surface area (Å²) in [5, 5.41) is 12.0. The molecule has 3 heteroatoms. The molecule has 0 aliphatic carbocycles. The lowest BCUT2D eigenvalue weighted by atomic mass is 9.62. The van der Waals surface area contributed by atoms with Crippen molar-refractivity contribution in [3.8, 4) is 11.5 Å². The highest BCUT2D eigenvalue weighted by Gasteiger charge is 2.53. The average molecular weight is 352 g/mol. The molecule has 0 radical (unpaired) electrons. The van der Waals surface area contributed by atoms with E-state index in [0.717, 1.165) is 6.42 Å². The van der Waals surface area contributed by atoms with Crippen LogP contribution in [0.25, 0.3) is 0 Å². The summed E-state index contributed by atoms with van der Waals surface area (Å²) >= 11 is 0. The molecule has 1 heterocycles. The smallest absolute Gasteiger partial charge is 0.136 e. The molecule has 2 aromatic carbocycles.